The summed E-state index contributed by atoms with van der Waals surface area (Å²) < 4.78 is 0. The van der Waals surface area contributed by atoms with Crippen LogP contribution in [0.15, 0.2) is 66.9 Å². The quantitative estimate of drug-likeness (QED) is 0.493. The lowest BCUT2D eigenvalue weighted by Crippen LogP contribution is -2.36. The topological polar surface area (TPSA) is 45.2 Å². The zero-order valence-corrected chi connectivity index (χ0v) is 17.2. The molecule has 1 aromatic heterocycles. The van der Waals surface area contributed by atoms with Gasteiger partial charge in [0.05, 0.1) is 15.7 Å². The van der Waals surface area contributed by atoms with Crippen molar-refractivity contribution >= 4 is 46.5 Å². The summed E-state index contributed by atoms with van der Waals surface area (Å²) in [5, 5.41) is 4.19. The van der Waals surface area contributed by atoms with Gasteiger partial charge >= 0.3 is 6.03 Å². The van der Waals surface area contributed by atoms with E-state index in [0.29, 0.717) is 40.3 Å². The fourth-order valence-corrected chi connectivity index (χ4v) is 3.13. The molecule has 0 aliphatic rings. The van der Waals surface area contributed by atoms with Crippen LogP contribution in [0, 0.1) is 0 Å². The molecule has 0 radical (unpaired) electrons. The summed E-state index contributed by atoms with van der Waals surface area (Å²) in [6.45, 7) is 0.914. The molecule has 0 bridgehead atoms. The number of hydrogen-bond donors (Lipinski definition) is 1. The summed E-state index contributed by atoms with van der Waals surface area (Å²) in [6, 6.07) is 18.0. The molecule has 0 unspecified atom stereocenters. The molecular weight excluding hydrogens is 417 g/mol. The molecular formula is C21H18Cl3N3O. The van der Waals surface area contributed by atoms with Crippen molar-refractivity contribution in [2.45, 2.75) is 13.0 Å². The van der Waals surface area contributed by atoms with E-state index in [1.54, 1.807) is 41.4 Å². The lowest BCUT2D eigenvalue weighted by atomic mass is 10.2. The maximum Gasteiger partial charge on any atom is 0.322 e. The molecule has 1 heterocycles. The molecule has 7 heteroatoms. The van der Waals surface area contributed by atoms with E-state index in [2.05, 4.69) is 10.3 Å². The smallest absolute Gasteiger partial charge is 0.320 e. The van der Waals surface area contributed by atoms with E-state index in [1.165, 1.54) is 0 Å². The number of hydrogen-bond acceptors (Lipinski definition) is 2. The van der Waals surface area contributed by atoms with Crippen molar-refractivity contribution in [3.8, 4) is 0 Å². The van der Waals surface area contributed by atoms with Crippen LogP contribution in [0.5, 0.6) is 0 Å². The Morgan fingerprint density at radius 1 is 0.964 bits per heavy atom. The van der Waals surface area contributed by atoms with Gasteiger partial charge in [-0.1, -0.05) is 59.1 Å². The van der Waals surface area contributed by atoms with Crippen molar-refractivity contribution in [2.75, 3.05) is 11.9 Å². The first kappa shape index (κ1) is 20.5. The fourth-order valence-electron chi connectivity index (χ4n) is 2.65. The molecule has 0 saturated carbocycles. The number of carbonyl (C=O) groups excluding carboxylic acids is 1. The van der Waals surface area contributed by atoms with Gasteiger partial charge < -0.3 is 10.2 Å². The molecule has 3 aromatic rings. The molecule has 0 aliphatic carbocycles. The highest BCUT2D eigenvalue weighted by Crippen LogP contribution is 2.29. The van der Waals surface area contributed by atoms with Crippen LogP contribution in [0.25, 0.3) is 0 Å². The number of benzene rings is 2. The van der Waals surface area contributed by atoms with Gasteiger partial charge in [-0.25, -0.2) is 4.79 Å². The number of urea groups is 1. The maximum absolute atomic E-state index is 12.9. The van der Waals surface area contributed by atoms with Gasteiger partial charge in [-0.15, -0.1) is 0 Å². The SMILES string of the molecule is O=C(Nc1cccc(Cl)c1Cl)N(CCc1ccccn1)Cc1ccc(Cl)cc1. The minimum Gasteiger partial charge on any atom is -0.320 e. The number of pyridine rings is 1. The summed E-state index contributed by atoms with van der Waals surface area (Å²) in [6.07, 6.45) is 2.37. The molecule has 0 fully saturated rings. The van der Waals surface area contributed by atoms with Gasteiger partial charge in [0.25, 0.3) is 0 Å². The molecule has 144 valence electrons. The number of nitrogens with zero attached hydrogens (tertiary/aromatic N) is 2. The van der Waals surface area contributed by atoms with Crippen LogP contribution < -0.4 is 5.32 Å². The van der Waals surface area contributed by atoms with Crippen LogP contribution in [0.3, 0.4) is 0 Å². The highest BCUT2D eigenvalue weighted by Gasteiger charge is 2.16. The molecule has 0 aliphatic heterocycles. The van der Waals surface area contributed by atoms with E-state index in [-0.39, 0.29) is 6.03 Å². The number of rotatable bonds is 6. The van der Waals surface area contributed by atoms with Crippen molar-refractivity contribution < 1.29 is 4.79 Å². The van der Waals surface area contributed by atoms with E-state index in [0.717, 1.165) is 11.3 Å². The Morgan fingerprint density at radius 3 is 2.46 bits per heavy atom. The molecule has 3 rings (SSSR count). The largest absolute Gasteiger partial charge is 0.322 e. The second kappa shape index (κ2) is 9.78. The van der Waals surface area contributed by atoms with Gasteiger partial charge in [-0.05, 0) is 42.0 Å². The second-order valence-electron chi connectivity index (χ2n) is 6.15. The van der Waals surface area contributed by atoms with Crippen molar-refractivity contribution in [1.82, 2.24) is 9.88 Å². The first-order chi connectivity index (χ1) is 13.5. The average molecular weight is 435 g/mol. The Balaban J connectivity index is 1.76. The summed E-state index contributed by atoms with van der Waals surface area (Å²) in [4.78, 5) is 19.0. The van der Waals surface area contributed by atoms with Crippen LogP contribution in [0.2, 0.25) is 15.1 Å². The zero-order valence-electron chi connectivity index (χ0n) is 14.9. The Kier molecular flexibility index (Phi) is 7.15. The molecule has 4 nitrogen and oxygen atoms in total. The molecule has 0 spiro atoms. The Morgan fingerprint density at radius 2 is 1.75 bits per heavy atom. The van der Waals surface area contributed by atoms with Crippen molar-refractivity contribution in [1.29, 1.82) is 0 Å². The van der Waals surface area contributed by atoms with E-state index in [1.807, 2.05) is 30.3 Å². The zero-order chi connectivity index (χ0) is 19.9. The highest BCUT2D eigenvalue weighted by molar-refractivity contribution is 6.43. The third-order valence-corrected chi connectivity index (χ3v) is 5.20. The lowest BCUT2D eigenvalue weighted by Gasteiger charge is -2.23. The Labute approximate surface area is 179 Å². The van der Waals surface area contributed by atoms with Crippen LogP contribution in [0.4, 0.5) is 10.5 Å². The van der Waals surface area contributed by atoms with E-state index in [9.17, 15) is 4.79 Å². The average Bonchev–Trinajstić information content (AvgIpc) is 2.71. The van der Waals surface area contributed by atoms with Crippen molar-refractivity contribution in [2.24, 2.45) is 0 Å². The number of amides is 2. The van der Waals surface area contributed by atoms with Crippen LogP contribution in [-0.2, 0) is 13.0 Å². The predicted molar refractivity (Wildman–Crippen MR) is 115 cm³/mol. The number of carbonyl (C=O) groups is 1. The summed E-state index contributed by atoms with van der Waals surface area (Å²) in [7, 11) is 0. The Hall–Kier alpha value is -2.27. The third-order valence-electron chi connectivity index (χ3n) is 4.13. The summed E-state index contributed by atoms with van der Waals surface area (Å²) in [5.74, 6) is 0. The van der Waals surface area contributed by atoms with Crippen molar-refractivity contribution in [3.05, 3.63) is 93.2 Å². The van der Waals surface area contributed by atoms with Crippen LogP contribution >= 0.6 is 34.8 Å². The fraction of sp³-hybridized carbons (Fsp3) is 0.143. The molecule has 0 atom stereocenters. The number of halogens is 3. The van der Waals surface area contributed by atoms with Gasteiger partial charge in [-0.2, -0.15) is 0 Å². The number of aromatic nitrogens is 1. The van der Waals surface area contributed by atoms with Gasteiger partial charge in [0.1, 0.15) is 0 Å². The molecule has 28 heavy (non-hydrogen) atoms. The van der Waals surface area contributed by atoms with E-state index >= 15 is 0 Å². The first-order valence-corrected chi connectivity index (χ1v) is 9.80. The van der Waals surface area contributed by atoms with Gasteiger partial charge in [0.2, 0.25) is 0 Å². The third kappa shape index (κ3) is 5.61. The van der Waals surface area contributed by atoms with Crippen LogP contribution in [0.1, 0.15) is 11.3 Å². The minimum atomic E-state index is -0.268. The minimum absolute atomic E-state index is 0.268. The molecule has 1 N–H and O–H groups in total. The summed E-state index contributed by atoms with van der Waals surface area (Å²) >= 11 is 18.2. The van der Waals surface area contributed by atoms with E-state index in [4.69, 9.17) is 34.8 Å². The molecule has 2 aromatic carbocycles. The lowest BCUT2D eigenvalue weighted by molar-refractivity contribution is 0.209. The standard InChI is InChI=1S/C21H18Cl3N3O/c22-16-9-7-15(8-10-16)14-27(13-11-17-4-1-2-12-25-17)21(28)26-19-6-3-5-18(23)20(19)24/h1-10,12H,11,13-14H2,(H,26,28). The Bertz CT molecular complexity index is 933. The van der Waals surface area contributed by atoms with E-state index < -0.39 is 0 Å². The van der Waals surface area contributed by atoms with Crippen molar-refractivity contribution in [3.63, 3.8) is 0 Å². The predicted octanol–water partition coefficient (Wildman–Crippen LogP) is 6.32. The maximum atomic E-state index is 12.9. The molecule has 2 amide bonds. The van der Waals surface area contributed by atoms with Gasteiger partial charge in [0, 0.05) is 36.4 Å². The van der Waals surface area contributed by atoms with Gasteiger partial charge in [-0.3, -0.25) is 4.98 Å². The highest BCUT2D eigenvalue weighted by atomic mass is 35.5. The van der Waals surface area contributed by atoms with Gasteiger partial charge in [0.15, 0.2) is 0 Å². The molecule has 0 saturated heterocycles. The summed E-state index contributed by atoms with van der Waals surface area (Å²) in [5.41, 5.74) is 2.35. The van der Waals surface area contributed by atoms with Crippen LogP contribution in [-0.4, -0.2) is 22.5 Å². The normalized spacial score (nSPS) is 10.5. The first-order valence-electron chi connectivity index (χ1n) is 8.67. The number of nitrogens with one attached hydrogen (secondary N) is 1. The second-order valence-corrected chi connectivity index (χ2v) is 7.37. The number of anilines is 1. The monoisotopic (exact) mass is 433 g/mol.